The van der Waals surface area contributed by atoms with Crippen LogP contribution in [0.25, 0.3) is 11.2 Å². The number of fused-ring (bicyclic) bond motifs is 1. The lowest BCUT2D eigenvalue weighted by Gasteiger charge is -2.17. The highest BCUT2D eigenvalue weighted by Gasteiger charge is 2.14. The third-order valence-electron chi connectivity index (χ3n) is 2.59. The van der Waals surface area contributed by atoms with Crippen molar-refractivity contribution in [3.05, 3.63) is 36.1 Å². The van der Waals surface area contributed by atoms with E-state index in [0.29, 0.717) is 11.5 Å². The minimum atomic E-state index is 0.167. The van der Waals surface area contributed by atoms with Crippen LogP contribution in [0.2, 0.25) is 5.28 Å². The lowest BCUT2D eigenvalue weighted by atomic mass is 10.3. The highest BCUT2D eigenvalue weighted by Crippen LogP contribution is 2.27. The number of imidazole rings is 1. The summed E-state index contributed by atoms with van der Waals surface area (Å²) in [4.78, 5) is 21.3. The second kappa shape index (κ2) is 4.23. The first-order valence-corrected chi connectivity index (χ1v) is 5.64. The highest BCUT2D eigenvalue weighted by atomic mass is 35.5. The lowest BCUT2D eigenvalue weighted by Crippen LogP contribution is -2.12. The summed E-state index contributed by atoms with van der Waals surface area (Å²) in [6.45, 7) is 0. The molecule has 7 heteroatoms. The van der Waals surface area contributed by atoms with Crippen molar-refractivity contribution in [1.82, 2.24) is 24.9 Å². The standard InChI is InChI=1S/C11H9ClN6/c1-18(7-3-2-4-13-5-7)10-8-9(15-6-14-8)16-11(12)17-10/h2-6H,1H3,(H,14,15,16,17). The third kappa shape index (κ3) is 1.76. The molecule has 6 nitrogen and oxygen atoms in total. The number of anilines is 2. The highest BCUT2D eigenvalue weighted by molar-refractivity contribution is 6.28. The summed E-state index contributed by atoms with van der Waals surface area (Å²) >= 11 is 5.89. The number of pyridine rings is 1. The second-order valence-electron chi connectivity index (χ2n) is 3.69. The van der Waals surface area contributed by atoms with Crippen LogP contribution in [-0.4, -0.2) is 32.0 Å². The van der Waals surface area contributed by atoms with Crippen LogP contribution in [0, 0.1) is 0 Å². The Kier molecular flexibility index (Phi) is 2.56. The van der Waals surface area contributed by atoms with Gasteiger partial charge in [0.2, 0.25) is 5.28 Å². The summed E-state index contributed by atoms with van der Waals surface area (Å²) < 4.78 is 0. The molecule has 0 saturated heterocycles. The number of hydrogen-bond acceptors (Lipinski definition) is 5. The molecule has 3 aromatic rings. The van der Waals surface area contributed by atoms with Crippen LogP contribution in [0.4, 0.5) is 11.5 Å². The zero-order valence-corrected chi connectivity index (χ0v) is 10.3. The lowest BCUT2D eigenvalue weighted by molar-refractivity contribution is 1.09. The predicted molar refractivity (Wildman–Crippen MR) is 69.0 cm³/mol. The van der Waals surface area contributed by atoms with E-state index < -0.39 is 0 Å². The number of aromatic nitrogens is 5. The first kappa shape index (κ1) is 10.9. The maximum atomic E-state index is 5.89. The Morgan fingerprint density at radius 2 is 2.22 bits per heavy atom. The summed E-state index contributed by atoms with van der Waals surface area (Å²) in [5.74, 6) is 0.663. The van der Waals surface area contributed by atoms with Gasteiger partial charge in [0.25, 0.3) is 0 Å². The monoisotopic (exact) mass is 260 g/mol. The zero-order valence-electron chi connectivity index (χ0n) is 9.50. The van der Waals surface area contributed by atoms with Crippen LogP contribution >= 0.6 is 11.6 Å². The fourth-order valence-electron chi connectivity index (χ4n) is 1.71. The van der Waals surface area contributed by atoms with Crippen LogP contribution in [0.1, 0.15) is 0 Å². The van der Waals surface area contributed by atoms with E-state index in [4.69, 9.17) is 11.6 Å². The first-order chi connectivity index (χ1) is 8.75. The largest absolute Gasteiger partial charge is 0.340 e. The quantitative estimate of drug-likeness (QED) is 0.715. The van der Waals surface area contributed by atoms with Crippen LogP contribution < -0.4 is 4.90 Å². The number of aromatic amines is 1. The fraction of sp³-hybridized carbons (Fsp3) is 0.0909. The molecule has 0 unspecified atom stereocenters. The summed E-state index contributed by atoms with van der Waals surface area (Å²) in [6, 6.07) is 3.80. The van der Waals surface area contributed by atoms with Crippen molar-refractivity contribution < 1.29 is 0 Å². The summed E-state index contributed by atoms with van der Waals surface area (Å²) in [6.07, 6.45) is 5.03. The molecule has 90 valence electrons. The van der Waals surface area contributed by atoms with Crippen molar-refractivity contribution in [3.63, 3.8) is 0 Å². The number of H-pyrrole nitrogens is 1. The fourth-order valence-corrected chi connectivity index (χ4v) is 1.87. The molecule has 0 aliphatic rings. The third-order valence-corrected chi connectivity index (χ3v) is 2.76. The Labute approximate surface area is 108 Å². The predicted octanol–water partition coefficient (Wildman–Crippen LogP) is 2.17. The molecule has 0 fully saturated rings. The van der Waals surface area contributed by atoms with Gasteiger partial charge in [-0.25, -0.2) is 4.98 Å². The molecule has 0 aliphatic heterocycles. The molecule has 18 heavy (non-hydrogen) atoms. The summed E-state index contributed by atoms with van der Waals surface area (Å²) in [5.41, 5.74) is 2.19. The van der Waals surface area contributed by atoms with Crippen molar-refractivity contribution in [1.29, 1.82) is 0 Å². The molecule has 0 aliphatic carbocycles. The Balaban J connectivity index is 2.17. The minimum absolute atomic E-state index is 0.167. The van der Waals surface area contributed by atoms with Gasteiger partial charge in [-0.1, -0.05) is 0 Å². The Bertz CT molecular complexity index is 680. The smallest absolute Gasteiger partial charge is 0.226 e. The molecule has 1 N–H and O–H groups in total. The minimum Gasteiger partial charge on any atom is -0.340 e. The molecule has 0 aromatic carbocycles. The Hall–Kier alpha value is -2.21. The van der Waals surface area contributed by atoms with Crippen molar-refractivity contribution in [3.8, 4) is 0 Å². The first-order valence-electron chi connectivity index (χ1n) is 5.26. The van der Waals surface area contributed by atoms with Crippen LogP contribution in [-0.2, 0) is 0 Å². The van der Waals surface area contributed by atoms with Crippen molar-refractivity contribution in [2.24, 2.45) is 0 Å². The molecular formula is C11H9ClN6. The van der Waals surface area contributed by atoms with Crippen molar-refractivity contribution in [2.45, 2.75) is 0 Å². The average Bonchev–Trinajstić information content (AvgIpc) is 2.86. The van der Waals surface area contributed by atoms with E-state index in [2.05, 4.69) is 24.9 Å². The summed E-state index contributed by atoms with van der Waals surface area (Å²) in [7, 11) is 1.88. The number of halogens is 1. The molecule has 0 spiro atoms. The number of nitrogens with one attached hydrogen (secondary N) is 1. The van der Waals surface area contributed by atoms with Gasteiger partial charge in [-0.3, -0.25) is 4.98 Å². The number of rotatable bonds is 2. The number of nitrogens with zero attached hydrogens (tertiary/aromatic N) is 5. The van der Waals surface area contributed by atoms with Gasteiger partial charge in [0, 0.05) is 13.2 Å². The van der Waals surface area contributed by atoms with E-state index in [0.717, 1.165) is 11.2 Å². The van der Waals surface area contributed by atoms with E-state index in [9.17, 15) is 0 Å². The van der Waals surface area contributed by atoms with Crippen LogP contribution in [0.3, 0.4) is 0 Å². The Morgan fingerprint density at radius 3 is 3.00 bits per heavy atom. The molecule has 0 radical (unpaired) electrons. The van der Waals surface area contributed by atoms with E-state index in [1.165, 1.54) is 0 Å². The molecule has 0 atom stereocenters. The molecule has 3 rings (SSSR count). The molecule has 3 heterocycles. The second-order valence-corrected chi connectivity index (χ2v) is 4.03. The topological polar surface area (TPSA) is 70.6 Å². The van der Waals surface area contributed by atoms with Gasteiger partial charge in [0.05, 0.1) is 18.2 Å². The molecule has 0 saturated carbocycles. The van der Waals surface area contributed by atoms with Gasteiger partial charge < -0.3 is 9.88 Å². The van der Waals surface area contributed by atoms with Gasteiger partial charge in [0.15, 0.2) is 11.5 Å². The van der Waals surface area contributed by atoms with E-state index in [-0.39, 0.29) is 5.28 Å². The van der Waals surface area contributed by atoms with Gasteiger partial charge in [-0.15, -0.1) is 0 Å². The van der Waals surface area contributed by atoms with E-state index in [1.807, 2.05) is 24.1 Å². The van der Waals surface area contributed by atoms with E-state index >= 15 is 0 Å². The maximum Gasteiger partial charge on any atom is 0.226 e. The SMILES string of the molecule is CN(c1cccnc1)c1nc(Cl)nc2nc[nH]c12. The van der Waals surface area contributed by atoms with Gasteiger partial charge >= 0.3 is 0 Å². The van der Waals surface area contributed by atoms with Crippen LogP contribution in [0.15, 0.2) is 30.9 Å². The normalized spacial score (nSPS) is 10.8. The molecule has 0 bridgehead atoms. The zero-order chi connectivity index (χ0) is 12.5. The molecular weight excluding hydrogens is 252 g/mol. The Morgan fingerprint density at radius 1 is 1.33 bits per heavy atom. The number of hydrogen-bond donors (Lipinski definition) is 1. The van der Waals surface area contributed by atoms with E-state index in [1.54, 1.807) is 18.7 Å². The maximum absolute atomic E-state index is 5.89. The van der Waals surface area contributed by atoms with Gasteiger partial charge in [-0.05, 0) is 23.7 Å². The van der Waals surface area contributed by atoms with Gasteiger partial charge in [0.1, 0.15) is 5.52 Å². The average molecular weight is 261 g/mol. The van der Waals surface area contributed by atoms with Crippen molar-refractivity contribution in [2.75, 3.05) is 11.9 Å². The molecule has 0 amide bonds. The molecule has 3 aromatic heterocycles. The van der Waals surface area contributed by atoms with Gasteiger partial charge in [-0.2, -0.15) is 9.97 Å². The van der Waals surface area contributed by atoms with Crippen molar-refractivity contribution >= 4 is 34.3 Å². The van der Waals surface area contributed by atoms with Crippen LogP contribution in [0.5, 0.6) is 0 Å². The summed E-state index contributed by atoms with van der Waals surface area (Å²) in [5, 5.41) is 0.167.